The number of benzene rings is 5. The van der Waals surface area contributed by atoms with Crippen molar-refractivity contribution in [1.82, 2.24) is 0 Å². The fourth-order valence-electron chi connectivity index (χ4n) is 4.53. The predicted molar refractivity (Wildman–Crippen MR) is 127 cm³/mol. The topological polar surface area (TPSA) is 73.8 Å². The van der Waals surface area contributed by atoms with E-state index >= 15 is 0 Å². The van der Waals surface area contributed by atoms with Crippen LogP contribution in [0.3, 0.4) is 0 Å². The molecule has 0 atom stereocenters. The fourth-order valence-corrected chi connectivity index (χ4v) is 4.53. The molecule has 0 fully saturated rings. The Kier molecular flexibility index (Phi) is 3.89. The van der Waals surface area contributed by atoms with Crippen molar-refractivity contribution in [3.8, 4) is 39.7 Å². The summed E-state index contributed by atoms with van der Waals surface area (Å²) in [5.74, 6) is 1.23. The molecular formula is C28H18O4. The minimum absolute atomic E-state index is 0.178. The van der Waals surface area contributed by atoms with Crippen LogP contribution in [0.2, 0.25) is 0 Å². The molecule has 4 nitrogen and oxygen atoms in total. The second kappa shape index (κ2) is 6.79. The van der Waals surface area contributed by atoms with E-state index in [9.17, 15) is 15.3 Å². The van der Waals surface area contributed by atoms with E-state index in [0.29, 0.717) is 5.76 Å². The third kappa shape index (κ3) is 2.63. The number of aromatic hydroxyl groups is 3. The summed E-state index contributed by atoms with van der Waals surface area (Å²) in [5.41, 5.74) is 3.29. The number of rotatable bonds is 2. The Balaban J connectivity index is 1.87. The van der Waals surface area contributed by atoms with Crippen LogP contribution < -0.4 is 0 Å². The highest BCUT2D eigenvalue weighted by molar-refractivity contribution is 6.29. The number of hydrogen-bond donors (Lipinski definition) is 3. The second-order valence-electron chi connectivity index (χ2n) is 7.85. The molecule has 1 aromatic heterocycles. The van der Waals surface area contributed by atoms with Crippen LogP contribution in [0, 0.1) is 0 Å². The highest BCUT2D eigenvalue weighted by Crippen LogP contribution is 2.48. The lowest BCUT2D eigenvalue weighted by atomic mass is 9.92. The van der Waals surface area contributed by atoms with Crippen LogP contribution in [0.1, 0.15) is 0 Å². The minimum atomic E-state index is 0.178. The first-order valence-electron chi connectivity index (χ1n) is 10.3. The van der Waals surface area contributed by atoms with Crippen molar-refractivity contribution in [2.45, 2.75) is 0 Å². The van der Waals surface area contributed by atoms with E-state index in [4.69, 9.17) is 4.42 Å². The average Bonchev–Trinajstić information content (AvgIpc) is 3.21. The molecule has 0 saturated heterocycles. The molecule has 4 heteroatoms. The van der Waals surface area contributed by atoms with Crippen molar-refractivity contribution in [3.05, 3.63) is 91.0 Å². The maximum absolute atomic E-state index is 10.8. The maximum Gasteiger partial charge on any atom is 0.143 e. The summed E-state index contributed by atoms with van der Waals surface area (Å²) in [7, 11) is 0. The third-order valence-electron chi connectivity index (χ3n) is 5.95. The minimum Gasteiger partial charge on any atom is -0.508 e. The Bertz CT molecular complexity index is 1630. The predicted octanol–water partition coefficient (Wildman–Crippen LogP) is 7.19. The van der Waals surface area contributed by atoms with E-state index in [1.54, 1.807) is 30.3 Å². The molecule has 0 radical (unpaired) electrons. The second-order valence-corrected chi connectivity index (χ2v) is 7.85. The zero-order valence-corrected chi connectivity index (χ0v) is 16.9. The number of phenols is 3. The quantitative estimate of drug-likeness (QED) is 0.260. The van der Waals surface area contributed by atoms with Crippen LogP contribution in [-0.2, 0) is 0 Å². The molecule has 0 unspecified atom stereocenters. The summed E-state index contributed by atoms with van der Waals surface area (Å²) >= 11 is 0. The molecule has 5 aromatic carbocycles. The van der Waals surface area contributed by atoms with Gasteiger partial charge in [0.15, 0.2) is 0 Å². The van der Waals surface area contributed by atoms with Crippen LogP contribution in [-0.4, -0.2) is 15.3 Å². The van der Waals surface area contributed by atoms with Crippen LogP contribution in [0.5, 0.6) is 17.2 Å². The number of hydrogen-bond acceptors (Lipinski definition) is 4. The molecule has 32 heavy (non-hydrogen) atoms. The van der Waals surface area contributed by atoms with Gasteiger partial charge in [-0.05, 0) is 58.8 Å². The van der Waals surface area contributed by atoms with E-state index in [0.717, 1.165) is 49.2 Å². The van der Waals surface area contributed by atoms with Crippen molar-refractivity contribution in [2.24, 2.45) is 0 Å². The molecule has 154 valence electrons. The average molecular weight is 418 g/mol. The molecule has 6 aromatic rings. The Morgan fingerprint density at radius 2 is 1.09 bits per heavy atom. The van der Waals surface area contributed by atoms with Gasteiger partial charge in [-0.1, -0.05) is 48.5 Å². The van der Waals surface area contributed by atoms with Gasteiger partial charge in [-0.3, -0.25) is 0 Å². The molecule has 3 N–H and O–H groups in total. The molecule has 0 aliphatic carbocycles. The van der Waals surface area contributed by atoms with Gasteiger partial charge >= 0.3 is 0 Å². The Morgan fingerprint density at radius 1 is 0.500 bits per heavy atom. The Morgan fingerprint density at radius 3 is 1.78 bits per heavy atom. The van der Waals surface area contributed by atoms with Crippen molar-refractivity contribution < 1.29 is 19.7 Å². The largest absolute Gasteiger partial charge is 0.508 e. The van der Waals surface area contributed by atoms with Crippen molar-refractivity contribution >= 4 is 32.5 Å². The van der Waals surface area contributed by atoms with Crippen LogP contribution in [0.4, 0.5) is 0 Å². The zero-order valence-electron chi connectivity index (χ0n) is 16.9. The van der Waals surface area contributed by atoms with Gasteiger partial charge in [0.2, 0.25) is 0 Å². The summed E-state index contributed by atoms with van der Waals surface area (Å²) in [4.78, 5) is 0. The number of fused-ring (bicyclic) bond motifs is 6. The van der Waals surface area contributed by atoms with Gasteiger partial charge in [0, 0.05) is 27.3 Å². The molecular weight excluding hydrogens is 400 g/mol. The highest BCUT2D eigenvalue weighted by Gasteiger charge is 2.23. The van der Waals surface area contributed by atoms with Gasteiger partial charge in [-0.25, -0.2) is 0 Å². The molecule has 6 rings (SSSR count). The van der Waals surface area contributed by atoms with Gasteiger partial charge in [0.25, 0.3) is 0 Å². The van der Waals surface area contributed by atoms with E-state index < -0.39 is 0 Å². The molecule has 0 saturated carbocycles. The maximum atomic E-state index is 10.8. The molecule has 1 heterocycles. The monoisotopic (exact) mass is 418 g/mol. The Hall–Kier alpha value is -4.44. The van der Waals surface area contributed by atoms with Crippen molar-refractivity contribution in [2.75, 3.05) is 0 Å². The van der Waals surface area contributed by atoms with Crippen LogP contribution in [0.15, 0.2) is 95.4 Å². The smallest absolute Gasteiger partial charge is 0.143 e. The third-order valence-corrected chi connectivity index (χ3v) is 5.95. The first-order chi connectivity index (χ1) is 15.6. The lowest BCUT2D eigenvalue weighted by molar-refractivity contribution is 0.475. The molecule has 0 amide bonds. The van der Waals surface area contributed by atoms with E-state index in [2.05, 4.69) is 0 Å². The fraction of sp³-hybridized carbons (Fsp3) is 0. The summed E-state index contributed by atoms with van der Waals surface area (Å²) in [6.07, 6.45) is 0. The van der Waals surface area contributed by atoms with Crippen molar-refractivity contribution in [1.29, 1.82) is 0 Å². The zero-order chi connectivity index (χ0) is 21.8. The summed E-state index contributed by atoms with van der Waals surface area (Å²) in [5, 5.41) is 34.8. The van der Waals surface area contributed by atoms with E-state index in [-0.39, 0.29) is 17.2 Å². The molecule has 0 bridgehead atoms. The standard InChI is InChI=1S/C28H18O4/c29-18-12-8-16(9-13-18)24-26-22-6-3-7-23(31)25(22)20-4-1-2-5-21(20)28(26)32-27(24)17-10-14-19(30)15-11-17/h1-15,29-31H. The SMILES string of the molecule is Oc1ccc(-c2oc3c4ccccc4c4c(O)cccc4c3c2-c2ccc(O)cc2)cc1. The summed E-state index contributed by atoms with van der Waals surface area (Å²) < 4.78 is 6.55. The lowest BCUT2D eigenvalue weighted by Gasteiger charge is -2.09. The molecule has 0 aliphatic rings. The van der Waals surface area contributed by atoms with Gasteiger partial charge in [-0.15, -0.1) is 0 Å². The number of phenolic OH excluding ortho intramolecular Hbond substituents is 3. The van der Waals surface area contributed by atoms with Crippen LogP contribution >= 0.6 is 0 Å². The summed E-state index contributed by atoms with van der Waals surface area (Å²) in [6.45, 7) is 0. The van der Waals surface area contributed by atoms with E-state index in [1.165, 1.54) is 0 Å². The molecule has 0 spiro atoms. The summed E-state index contributed by atoms with van der Waals surface area (Å²) in [6, 6.07) is 27.3. The van der Waals surface area contributed by atoms with Gasteiger partial charge in [-0.2, -0.15) is 0 Å². The first-order valence-corrected chi connectivity index (χ1v) is 10.3. The van der Waals surface area contributed by atoms with Gasteiger partial charge in [0.05, 0.1) is 0 Å². The van der Waals surface area contributed by atoms with E-state index in [1.807, 2.05) is 60.7 Å². The van der Waals surface area contributed by atoms with Gasteiger partial charge in [0.1, 0.15) is 28.6 Å². The Labute approximate surface area is 183 Å². The van der Waals surface area contributed by atoms with Crippen molar-refractivity contribution in [3.63, 3.8) is 0 Å². The molecule has 0 aliphatic heterocycles. The first kappa shape index (κ1) is 18.3. The normalized spacial score (nSPS) is 11.5. The van der Waals surface area contributed by atoms with Gasteiger partial charge < -0.3 is 19.7 Å². The lowest BCUT2D eigenvalue weighted by Crippen LogP contribution is -1.84. The highest BCUT2D eigenvalue weighted by atomic mass is 16.3. The van der Waals surface area contributed by atoms with Crippen LogP contribution in [0.25, 0.3) is 55.0 Å². The number of furan rings is 1.